The second-order valence-corrected chi connectivity index (χ2v) is 10.3. The summed E-state index contributed by atoms with van der Waals surface area (Å²) in [5.74, 6) is -2.03. The van der Waals surface area contributed by atoms with Gasteiger partial charge in [-0.05, 0) is 31.9 Å². The highest BCUT2D eigenvalue weighted by atomic mass is 32.2. The molecule has 0 bridgehead atoms. The summed E-state index contributed by atoms with van der Waals surface area (Å²) in [5, 5.41) is 0. The van der Waals surface area contributed by atoms with Crippen LogP contribution in [0.4, 0.5) is 0 Å². The molecule has 148 valence electrons. The lowest BCUT2D eigenvalue weighted by Crippen LogP contribution is -2.20. The van der Waals surface area contributed by atoms with E-state index in [1.807, 2.05) is 0 Å². The smallest absolute Gasteiger partial charge is 0.267 e. The molecule has 1 amide bonds. The molecular formula is C17H22N2O6S2. The molecule has 2 N–H and O–H groups in total. The first kappa shape index (κ1) is 21.1. The summed E-state index contributed by atoms with van der Waals surface area (Å²) in [6, 6.07) is 2.72. The first-order valence-corrected chi connectivity index (χ1v) is 11.7. The second kappa shape index (κ2) is 7.43. The van der Waals surface area contributed by atoms with E-state index in [4.69, 9.17) is 5.73 Å². The van der Waals surface area contributed by atoms with E-state index < -0.39 is 41.1 Å². The molecule has 0 aromatic carbocycles. The topological polar surface area (TPSA) is 133 Å². The fourth-order valence-electron chi connectivity index (χ4n) is 2.97. The first-order chi connectivity index (χ1) is 12.5. The number of nitrogens with zero attached hydrogens (tertiary/aromatic N) is 1. The number of aromatic nitrogens is 1. The molecule has 0 atom stereocenters. The Morgan fingerprint density at radius 1 is 0.963 bits per heavy atom. The van der Waals surface area contributed by atoms with Crippen LogP contribution in [0.3, 0.4) is 0 Å². The Balaban J connectivity index is 3.14. The number of amides is 1. The van der Waals surface area contributed by atoms with Gasteiger partial charge >= 0.3 is 0 Å². The van der Waals surface area contributed by atoms with E-state index in [2.05, 4.69) is 0 Å². The lowest BCUT2D eigenvalue weighted by Gasteiger charge is -2.07. The van der Waals surface area contributed by atoms with Crippen molar-refractivity contribution in [2.45, 2.75) is 43.4 Å². The maximum absolute atomic E-state index is 12.9. The van der Waals surface area contributed by atoms with Crippen molar-refractivity contribution in [1.29, 1.82) is 0 Å². The van der Waals surface area contributed by atoms with Gasteiger partial charge in [-0.3, -0.25) is 9.59 Å². The van der Waals surface area contributed by atoms with Crippen molar-refractivity contribution in [3.05, 3.63) is 29.6 Å². The average Bonchev–Trinajstić information content (AvgIpc) is 2.90. The molecule has 0 aliphatic heterocycles. The molecule has 27 heavy (non-hydrogen) atoms. The van der Waals surface area contributed by atoms with E-state index in [-0.39, 0.29) is 41.2 Å². The van der Waals surface area contributed by atoms with E-state index in [9.17, 15) is 26.4 Å². The van der Waals surface area contributed by atoms with E-state index in [1.165, 1.54) is 25.3 Å². The summed E-state index contributed by atoms with van der Waals surface area (Å²) in [4.78, 5) is 22.8. The van der Waals surface area contributed by atoms with Crippen molar-refractivity contribution in [3.8, 4) is 0 Å². The minimum atomic E-state index is -4.10. The van der Waals surface area contributed by atoms with E-state index in [0.29, 0.717) is 0 Å². The fourth-order valence-corrected chi connectivity index (χ4v) is 6.96. The zero-order valence-corrected chi connectivity index (χ0v) is 17.0. The van der Waals surface area contributed by atoms with Crippen LogP contribution in [0.5, 0.6) is 0 Å². The molecule has 2 rings (SSSR count). The van der Waals surface area contributed by atoms with Crippen molar-refractivity contribution in [1.82, 2.24) is 4.40 Å². The highest BCUT2D eigenvalue weighted by Gasteiger charge is 2.36. The van der Waals surface area contributed by atoms with E-state index in [1.54, 1.807) is 13.8 Å². The minimum Gasteiger partial charge on any atom is -0.364 e. The fraction of sp³-hybridized carbons (Fsp3) is 0.412. The Hall–Kier alpha value is -2.20. The largest absolute Gasteiger partial charge is 0.364 e. The Morgan fingerprint density at radius 3 is 1.93 bits per heavy atom. The highest BCUT2D eigenvalue weighted by Crippen LogP contribution is 2.34. The Bertz CT molecular complexity index is 1130. The lowest BCUT2D eigenvalue weighted by molar-refractivity contribution is 0.0986. The predicted molar refractivity (Wildman–Crippen MR) is 101 cm³/mol. The summed E-state index contributed by atoms with van der Waals surface area (Å²) in [6.07, 6.45) is 1.75. The van der Waals surface area contributed by atoms with Crippen LogP contribution in [0.2, 0.25) is 0 Å². The maximum atomic E-state index is 12.9. The molecule has 2 aromatic heterocycles. The summed E-state index contributed by atoms with van der Waals surface area (Å²) < 4.78 is 52.6. The van der Waals surface area contributed by atoms with Gasteiger partial charge in [-0.15, -0.1) is 0 Å². The number of rotatable bonds is 8. The van der Waals surface area contributed by atoms with Crippen molar-refractivity contribution in [3.63, 3.8) is 0 Å². The van der Waals surface area contributed by atoms with Gasteiger partial charge in [0.2, 0.25) is 0 Å². The van der Waals surface area contributed by atoms with E-state index in [0.717, 1.165) is 4.40 Å². The lowest BCUT2D eigenvalue weighted by atomic mass is 10.2. The summed E-state index contributed by atoms with van der Waals surface area (Å²) in [7, 11) is -8.11. The molecule has 0 saturated carbocycles. The quantitative estimate of drug-likeness (QED) is 0.653. The molecule has 2 aromatic rings. The third kappa shape index (κ3) is 3.77. The van der Waals surface area contributed by atoms with Crippen molar-refractivity contribution in [2.24, 2.45) is 5.73 Å². The molecule has 2 heterocycles. The summed E-state index contributed by atoms with van der Waals surface area (Å²) in [5.41, 5.74) is 5.18. The molecule has 0 radical (unpaired) electrons. The van der Waals surface area contributed by atoms with E-state index >= 15 is 0 Å². The van der Waals surface area contributed by atoms with Gasteiger partial charge in [0, 0.05) is 11.8 Å². The molecule has 10 heteroatoms. The number of nitrogens with two attached hydrogens (primary N) is 1. The van der Waals surface area contributed by atoms with Crippen LogP contribution < -0.4 is 5.73 Å². The number of ketones is 1. The number of hydrogen-bond donors (Lipinski definition) is 1. The third-order valence-electron chi connectivity index (χ3n) is 4.05. The van der Waals surface area contributed by atoms with Gasteiger partial charge in [-0.2, -0.15) is 0 Å². The van der Waals surface area contributed by atoms with Gasteiger partial charge in [-0.25, -0.2) is 16.8 Å². The first-order valence-electron chi connectivity index (χ1n) is 8.42. The average molecular weight is 415 g/mol. The number of pyridine rings is 1. The number of hydrogen-bond acceptors (Lipinski definition) is 6. The van der Waals surface area contributed by atoms with Gasteiger partial charge in [0.25, 0.3) is 5.91 Å². The van der Waals surface area contributed by atoms with Crippen LogP contribution >= 0.6 is 0 Å². The van der Waals surface area contributed by atoms with Gasteiger partial charge < -0.3 is 10.1 Å². The monoisotopic (exact) mass is 414 g/mol. The van der Waals surface area contributed by atoms with Crippen LogP contribution in [0.1, 0.15) is 54.5 Å². The van der Waals surface area contributed by atoms with Gasteiger partial charge in [0.05, 0.1) is 17.0 Å². The number of carbonyl (C=O) groups is 2. The predicted octanol–water partition coefficient (Wildman–Crippen LogP) is 1.61. The summed E-state index contributed by atoms with van der Waals surface area (Å²) >= 11 is 0. The van der Waals surface area contributed by atoms with Crippen LogP contribution in [0.15, 0.2) is 28.1 Å². The van der Waals surface area contributed by atoms with Gasteiger partial charge in [0.15, 0.2) is 25.5 Å². The second-order valence-electron chi connectivity index (χ2n) is 6.24. The van der Waals surface area contributed by atoms with Crippen LogP contribution in [-0.2, 0) is 19.7 Å². The zero-order chi connectivity index (χ0) is 20.6. The Kier molecular flexibility index (Phi) is 5.81. The van der Waals surface area contributed by atoms with Crippen LogP contribution in [0.25, 0.3) is 5.52 Å². The molecule has 0 fully saturated rings. The Morgan fingerprint density at radius 2 is 1.48 bits per heavy atom. The number of primary amides is 1. The van der Waals surface area contributed by atoms with Crippen LogP contribution in [0, 0.1) is 0 Å². The SMILES string of the molecule is CCCS(=O)(=O)c1c(S(=O)(=O)CCC)c2ccc(C(C)=O)cn2c1C(N)=O. The van der Waals surface area contributed by atoms with Gasteiger partial charge in [0.1, 0.15) is 15.5 Å². The standard InChI is InChI=1S/C17H22N2O6S2/c1-4-8-26(22,23)15-13-7-6-12(11(3)20)10-19(13)14(17(18)21)16(15)27(24,25)9-5-2/h6-7,10H,4-5,8-9H2,1-3H3,(H2,18,21). The Labute approximate surface area is 158 Å². The number of sulfone groups is 2. The normalized spacial score (nSPS) is 12.4. The third-order valence-corrected chi connectivity index (χ3v) is 8.13. The summed E-state index contributed by atoms with van der Waals surface area (Å²) in [6.45, 7) is 4.59. The zero-order valence-electron chi connectivity index (χ0n) is 15.4. The van der Waals surface area contributed by atoms with Crippen molar-refractivity contribution < 1.29 is 26.4 Å². The number of fused-ring (bicyclic) bond motifs is 1. The molecular weight excluding hydrogens is 392 g/mol. The molecule has 0 saturated heterocycles. The van der Waals surface area contributed by atoms with Crippen LogP contribution in [-0.4, -0.2) is 44.4 Å². The molecule has 0 aliphatic rings. The van der Waals surface area contributed by atoms with Gasteiger partial charge in [-0.1, -0.05) is 13.8 Å². The number of Topliss-reactive ketones (excluding diaryl/α,β-unsaturated/α-hetero) is 1. The molecule has 0 aliphatic carbocycles. The van der Waals surface area contributed by atoms with Crippen molar-refractivity contribution in [2.75, 3.05) is 11.5 Å². The minimum absolute atomic E-state index is 0.0110. The molecule has 8 nitrogen and oxygen atoms in total. The maximum Gasteiger partial charge on any atom is 0.267 e. The molecule has 0 unspecified atom stereocenters. The number of carbonyl (C=O) groups excluding carboxylic acids is 2. The van der Waals surface area contributed by atoms with Crippen molar-refractivity contribution >= 4 is 36.9 Å². The highest BCUT2D eigenvalue weighted by molar-refractivity contribution is 7.94. The molecule has 0 spiro atoms.